The van der Waals surface area contributed by atoms with Gasteiger partial charge in [0.1, 0.15) is 5.82 Å². The highest BCUT2D eigenvalue weighted by atomic mass is 32.2. The van der Waals surface area contributed by atoms with Crippen molar-refractivity contribution < 1.29 is 17.6 Å². The maximum atomic E-state index is 13.2. The Morgan fingerprint density at radius 3 is 2.44 bits per heavy atom. The van der Waals surface area contributed by atoms with Gasteiger partial charge in [-0.3, -0.25) is 9.52 Å². The second-order valence-corrected chi connectivity index (χ2v) is 7.93. The van der Waals surface area contributed by atoms with Gasteiger partial charge in [-0.05, 0) is 48.2 Å². The fourth-order valence-corrected chi connectivity index (χ4v) is 3.63. The lowest BCUT2D eigenvalue weighted by atomic mass is 10.1. The van der Waals surface area contributed by atoms with Gasteiger partial charge in [0.25, 0.3) is 0 Å². The standard InChI is InChI=1S/C18H19FN2O3S/c19-15-3-1-2-14(10-15)12-25(23,24)21-17-6-4-13(5-7-17)11-18(22)20-16-8-9-16/h1-7,10,16,21H,8-9,11-12H2,(H,20,22). The first-order valence-corrected chi connectivity index (χ1v) is 9.68. The minimum absolute atomic E-state index is 0.0260. The van der Waals surface area contributed by atoms with Crippen molar-refractivity contribution in [2.45, 2.75) is 31.1 Å². The van der Waals surface area contributed by atoms with Gasteiger partial charge in [0.2, 0.25) is 15.9 Å². The first-order valence-electron chi connectivity index (χ1n) is 8.03. The predicted molar refractivity (Wildman–Crippen MR) is 94.0 cm³/mol. The average Bonchev–Trinajstić information content (AvgIpc) is 3.32. The van der Waals surface area contributed by atoms with Crippen LogP contribution in [-0.2, 0) is 27.0 Å². The molecule has 3 rings (SSSR count). The van der Waals surface area contributed by atoms with Gasteiger partial charge in [-0.2, -0.15) is 0 Å². The molecule has 2 aromatic rings. The molecule has 0 aliphatic heterocycles. The summed E-state index contributed by atoms with van der Waals surface area (Å²) in [6.45, 7) is 0. The van der Waals surface area contributed by atoms with Crippen molar-refractivity contribution in [3.63, 3.8) is 0 Å². The summed E-state index contributed by atoms with van der Waals surface area (Å²) >= 11 is 0. The normalized spacial score (nSPS) is 14.1. The number of amides is 1. The topological polar surface area (TPSA) is 75.3 Å². The second kappa shape index (κ2) is 7.23. The van der Waals surface area contributed by atoms with E-state index in [9.17, 15) is 17.6 Å². The molecular formula is C18H19FN2O3S. The largest absolute Gasteiger partial charge is 0.353 e. The molecule has 0 aromatic heterocycles. The maximum absolute atomic E-state index is 13.2. The third-order valence-electron chi connectivity index (χ3n) is 3.78. The third kappa shape index (κ3) is 5.56. The summed E-state index contributed by atoms with van der Waals surface area (Å²) in [7, 11) is -3.64. The van der Waals surface area contributed by atoms with E-state index in [1.54, 1.807) is 30.3 Å². The lowest BCUT2D eigenvalue weighted by Gasteiger charge is -2.09. The number of rotatable bonds is 7. The molecule has 2 N–H and O–H groups in total. The Hall–Kier alpha value is -2.41. The Labute approximate surface area is 146 Å². The molecule has 0 saturated heterocycles. The molecule has 25 heavy (non-hydrogen) atoms. The van der Waals surface area contributed by atoms with E-state index in [2.05, 4.69) is 10.0 Å². The second-order valence-electron chi connectivity index (χ2n) is 6.21. The number of carbonyl (C=O) groups excluding carboxylic acids is 1. The molecule has 0 radical (unpaired) electrons. The van der Waals surface area contributed by atoms with Crippen molar-refractivity contribution in [2.75, 3.05) is 4.72 Å². The van der Waals surface area contributed by atoms with Gasteiger partial charge >= 0.3 is 0 Å². The van der Waals surface area contributed by atoms with Gasteiger partial charge in [-0.15, -0.1) is 0 Å². The average molecular weight is 362 g/mol. The van der Waals surface area contributed by atoms with Crippen molar-refractivity contribution in [3.05, 3.63) is 65.5 Å². The van der Waals surface area contributed by atoms with E-state index < -0.39 is 15.8 Å². The van der Waals surface area contributed by atoms with Crippen LogP contribution in [0, 0.1) is 5.82 Å². The van der Waals surface area contributed by atoms with Gasteiger partial charge in [0.15, 0.2) is 0 Å². The highest BCUT2D eigenvalue weighted by Crippen LogP contribution is 2.19. The Balaban J connectivity index is 1.58. The monoisotopic (exact) mass is 362 g/mol. The number of nitrogens with one attached hydrogen (secondary N) is 2. The maximum Gasteiger partial charge on any atom is 0.236 e. The molecule has 1 amide bonds. The van der Waals surface area contributed by atoms with E-state index in [1.165, 1.54) is 18.2 Å². The fourth-order valence-electron chi connectivity index (χ4n) is 2.44. The Morgan fingerprint density at radius 1 is 1.08 bits per heavy atom. The van der Waals surface area contributed by atoms with Crippen LogP contribution in [0.1, 0.15) is 24.0 Å². The van der Waals surface area contributed by atoms with E-state index in [0.717, 1.165) is 18.4 Å². The molecule has 7 heteroatoms. The SMILES string of the molecule is O=C(Cc1ccc(NS(=O)(=O)Cc2cccc(F)c2)cc1)NC1CC1. The smallest absolute Gasteiger partial charge is 0.236 e. The van der Waals surface area contributed by atoms with Gasteiger partial charge < -0.3 is 5.32 Å². The van der Waals surface area contributed by atoms with Crippen LogP contribution in [0.25, 0.3) is 0 Å². The number of benzene rings is 2. The van der Waals surface area contributed by atoms with Crippen molar-refractivity contribution in [3.8, 4) is 0 Å². The van der Waals surface area contributed by atoms with Crippen molar-refractivity contribution in [2.24, 2.45) is 0 Å². The minimum Gasteiger partial charge on any atom is -0.353 e. The lowest BCUT2D eigenvalue weighted by Crippen LogP contribution is -2.26. The van der Waals surface area contributed by atoms with Crippen molar-refractivity contribution in [1.82, 2.24) is 5.32 Å². The van der Waals surface area contributed by atoms with Crippen LogP contribution in [-0.4, -0.2) is 20.4 Å². The van der Waals surface area contributed by atoms with Crippen molar-refractivity contribution in [1.29, 1.82) is 0 Å². The summed E-state index contributed by atoms with van der Waals surface area (Å²) in [6.07, 6.45) is 2.35. The zero-order valence-corrected chi connectivity index (χ0v) is 14.4. The van der Waals surface area contributed by atoms with Crippen LogP contribution in [0.2, 0.25) is 0 Å². The number of carbonyl (C=O) groups is 1. The number of hydrogen-bond donors (Lipinski definition) is 2. The molecule has 2 aromatic carbocycles. The third-order valence-corrected chi connectivity index (χ3v) is 5.04. The van der Waals surface area contributed by atoms with Crippen LogP contribution < -0.4 is 10.0 Å². The molecule has 0 bridgehead atoms. The fraction of sp³-hybridized carbons (Fsp3) is 0.278. The van der Waals surface area contributed by atoms with E-state index >= 15 is 0 Å². The minimum atomic E-state index is -3.64. The lowest BCUT2D eigenvalue weighted by molar-refractivity contribution is -0.120. The summed E-state index contributed by atoms with van der Waals surface area (Å²) < 4.78 is 40.0. The Bertz CT molecular complexity index is 862. The van der Waals surface area contributed by atoms with E-state index in [4.69, 9.17) is 0 Å². The van der Waals surface area contributed by atoms with Crippen LogP contribution in [0.3, 0.4) is 0 Å². The van der Waals surface area contributed by atoms with Crippen LogP contribution in [0.4, 0.5) is 10.1 Å². The molecule has 0 spiro atoms. The molecule has 5 nitrogen and oxygen atoms in total. The zero-order valence-electron chi connectivity index (χ0n) is 13.5. The molecule has 0 unspecified atom stereocenters. The number of hydrogen-bond acceptors (Lipinski definition) is 3. The summed E-state index contributed by atoms with van der Waals surface area (Å²) in [5.74, 6) is -0.806. The molecule has 0 heterocycles. The van der Waals surface area contributed by atoms with Gasteiger partial charge in [0.05, 0.1) is 12.2 Å². The van der Waals surface area contributed by atoms with Crippen LogP contribution >= 0.6 is 0 Å². The molecule has 1 aliphatic carbocycles. The highest BCUT2D eigenvalue weighted by molar-refractivity contribution is 7.91. The van der Waals surface area contributed by atoms with Crippen LogP contribution in [0.15, 0.2) is 48.5 Å². The zero-order chi connectivity index (χ0) is 17.9. The summed E-state index contributed by atoms with van der Waals surface area (Å²) in [5.41, 5.74) is 1.59. The quantitative estimate of drug-likeness (QED) is 0.795. The molecule has 1 aliphatic rings. The summed E-state index contributed by atoms with van der Waals surface area (Å²) in [5, 5.41) is 2.91. The Kier molecular flexibility index (Phi) is 5.03. The van der Waals surface area contributed by atoms with E-state index in [-0.39, 0.29) is 18.1 Å². The molecule has 0 atom stereocenters. The first-order chi connectivity index (χ1) is 11.9. The predicted octanol–water partition coefficient (Wildman–Crippen LogP) is 2.59. The molecule has 132 valence electrons. The van der Waals surface area contributed by atoms with E-state index in [1.807, 2.05) is 0 Å². The molecule has 1 fully saturated rings. The van der Waals surface area contributed by atoms with Gasteiger partial charge in [-0.1, -0.05) is 24.3 Å². The highest BCUT2D eigenvalue weighted by Gasteiger charge is 2.23. The number of sulfonamides is 1. The van der Waals surface area contributed by atoms with Gasteiger partial charge in [-0.25, -0.2) is 12.8 Å². The first kappa shape index (κ1) is 17.4. The molecular weight excluding hydrogens is 343 g/mol. The summed E-state index contributed by atoms with van der Waals surface area (Å²) in [6, 6.07) is 12.5. The van der Waals surface area contributed by atoms with Crippen molar-refractivity contribution >= 4 is 21.6 Å². The number of halogens is 1. The molecule has 1 saturated carbocycles. The Morgan fingerprint density at radius 2 is 1.80 bits per heavy atom. The van der Waals surface area contributed by atoms with Crippen LogP contribution in [0.5, 0.6) is 0 Å². The summed E-state index contributed by atoms with van der Waals surface area (Å²) in [4.78, 5) is 11.8. The number of anilines is 1. The van der Waals surface area contributed by atoms with E-state index in [0.29, 0.717) is 17.3 Å². The van der Waals surface area contributed by atoms with Gasteiger partial charge in [0, 0.05) is 11.7 Å².